The Labute approximate surface area is 172 Å². The number of nitro benzene ring substituents is 1. The standard InChI is InChI=1S/C22H20ClNO3S/c23-16-10-11-21(18(12-16)15-6-2-1-3-7-15)27-22-14-28-13-19(22)17-8-4-5-9-20(17)24(25)26/h4-5,8-15H,1-3,6-7H2. The molecule has 0 aliphatic heterocycles. The highest BCUT2D eigenvalue weighted by atomic mass is 35.5. The van der Waals surface area contributed by atoms with E-state index in [-0.39, 0.29) is 10.6 Å². The summed E-state index contributed by atoms with van der Waals surface area (Å²) in [7, 11) is 0. The van der Waals surface area contributed by atoms with Crippen molar-refractivity contribution in [1.82, 2.24) is 0 Å². The zero-order valence-electron chi connectivity index (χ0n) is 15.3. The van der Waals surface area contributed by atoms with Crippen molar-refractivity contribution in [2.45, 2.75) is 38.0 Å². The predicted octanol–water partition coefficient (Wildman–Crippen LogP) is 7.82. The van der Waals surface area contributed by atoms with Crippen LogP contribution in [0, 0.1) is 10.1 Å². The van der Waals surface area contributed by atoms with Crippen LogP contribution in [0.2, 0.25) is 5.02 Å². The van der Waals surface area contributed by atoms with Gasteiger partial charge >= 0.3 is 0 Å². The molecule has 4 nitrogen and oxygen atoms in total. The fourth-order valence-corrected chi connectivity index (χ4v) is 4.81. The van der Waals surface area contributed by atoms with Crippen molar-refractivity contribution in [3.05, 3.63) is 73.9 Å². The molecule has 1 saturated carbocycles. The first-order valence-corrected chi connectivity index (χ1v) is 10.7. The summed E-state index contributed by atoms with van der Waals surface area (Å²) < 4.78 is 6.31. The smallest absolute Gasteiger partial charge is 0.277 e. The number of hydrogen-bond donors (Lipinski definition) is 0. The molecule has 1 aliphatic rings. The molecular formula is C22H20ClNO3S. The van der Waals surface area contributed by atoms with Gasteiger partial charge < -0.3 is 4.74 Å². The Bertz CT molecular complexity index is 995. The van der Waals surface area contributed by atoms with Gasteiger partial charge in [0.05, 0.1) is 10.5 Å². The maximum absolute atomic E-state index is 11.4. The van der Waals surface area contributed by atoms with Gasteiger partial charge in [-0.1, -0.05) is 43.0 Å². The van der Waals surface area contributed by atoms with Crippen LogP contribution in [0.15, 0.2) is 53.2 Å². The molecule has 28 heavy (non-hydrogen) atoms. The first kappa shape index (κ1) is 19.0. The van der Waals surface area contributed by atoms with Gasteiger partial charge in [0.15, 0.2) is 0 Å². The fourth-order valence-electron chi connectivity index (χ4n) is 3.88. The van der Waals surface area contributed by atoms with Gasteiger partial charge in [-0.3, -0.25) is 10.1 Å². The summed E-state index contributed by atoms with van der Waals surface area (Å²) in [5.74, 6) is 1.86. The normalized spacial score (nSPS) is 14.8. The van der Waals surface area contributed by atoms with E-state index in [1.165, 1.54) is 36.7 Å². The fraction of sp³-hybridized carbons (Fsp3) is 0.273. The summed E-state index contributed by atoms with van der Waals surface area (Å²) in [4.78, 5) is 11.1. The average molecular weight is 414 g/mol. The number of rotatable bonds is 5. The quantitative estimate of drug-likeness (QED) is 0.316. The second-order valence-corrected chi connectivity index (χ2v) is 8.22. The second-order valence-electron chi connectivity index (χ2n) is 7.04. The summed E-state index contributed by atoms with van der Waals surface area (Å²) >= 11 is 7.74. The van der Waals surface area contributed by atoms with Crippen molar-refractivity contribution in [1.29, 1.82) is 0 Å². The topological polar surface area (TPSA) is 52.4 Å². The number of hydrogen-bond acceptors (Lipinski definition) is 4. The number of para-hydroxylation sites is 1. The maximum atomic E-state index is 11.4. The van der Waals surface area contributed by atoms with Crippen LogP contribution < -0.4 is 4.74 Å². The number of halogens is 1. The number of nitro groups is 1. The monoisotopic (exact) mass is 413 g/mol. The van der Waals surface area contributed by atoms with Crippen molar-refractivity contribution >= 4 is 28.6 Å². The maximum Gasteiger partial charge on any atom is 0.277 e. The summed E-state index contributed by atoms with van der Waals surface area (Å²) in [6.07, 6.45) is 5.99. The zero-order valence-corrected chi connectivity index (χ0v) is 16.8. The third-order valence-electron chi connectivity index (χ3n) is 5.25. The van der Waals surface area contributed by atoms with Gasteiger partial charge in [-0.15, -0.1) is 11.3 Å². The Balaban J connectivity index is 1.71. The van der Waals surface area contributed by atoms with E-state index in [0.717, 1.165) is 29.7 Å². The molecule has 0 unspecified atom stereocenters. The molecule has 6 heteroatoms. The van der Waals surface area contributed by atoms with E-state index >= 15 is 0 Å². The molecule has 0 atom stereocenters. The van der Waals surface area contributed by atoms with E-state index in [1.54, 1.807) is 18.2 Å². The zero-order chi connectivity index (χ0) is 19.5. The molecule has 3 aromatic rings. The van der Waals surface area contributed by atoms with Gasteiger partial charge in [0, 0.05) is 27.4 Å². The summed E-state index contributed by atoms with van der Waals surface area (Å²) in [6.45, 7) is 0. The molecule has 1 fully saturated rings. The van der Waals surface area contributed by atoms with Crippen LogP contribution >= 0.6 is 22.9 Å². The van der Waals surface area contributed by atoms with Gasteiger partial charge in [-0.05, 0) is 48.6 Å². The average Bonchev–Trinajstić information content (AvgIpc) is 3.18. The molecule has 1 aromatic heterocycles. The molecule has 4 rings (SSSR count). The minimum Gasteiger partial charge on any atom is -0.456 e. The highest BCUT2D eigenvalue weighted by Crippen LogP contribution is 2.44. The van der Waals surface area contributed by atoms with Gasteiger partial charge in [0.25, 0.3) is 5.69 Å². The highest BCUT2D eigenvalue weighted by Gasteiger charge is 2.23. The first-order valence-electron chi connectivity index (χ1n) is 9.41. The van der Waals surface area contributed by atoms with E-state index in [9.17, 15) is 10.1 Å². The van der Waals surface area contributed by atoms with Crippen LogP contribution in [-0.4, -0.2) is 4.92 Å². The van der Waals surface area contributed by atoms with E-state index in [4.69, 9.17) is 16.3 Å². The lowest BCUT2D eigenvalue weighted by molar-refractivity contribution is -0.384. The Morgan fingerprint density at radius 3 is 2.57 bits per heavy atom. The molecule has 0 saturated heterocycles. The van der Waals surface area contributed by atoms with Crippen LogP contribution in [0.5, 0.6) is 11.5 Å². The van der Waals surface area contributed by atoms with Crippen LogP contribution in [0.4, 0.5) is 5.69 Å². The molecule has 0 amide bonds. The lowest BCUT2D eigenvalue weighted by atomic mass is 9.84. The molecule has 1 aliphatic carbocycles. The highest BCUT2D eigenvalue weighted by molar-refractivity contribution is 7.08. The molecular weight excluding hydrogens is 394 g/mol. The van der Waals surface area contributed by atoms with Crippen LogP contribution in [0.1, 0.15) is 43.6 Å². The van der Waals surface area contributed by atoms with E-state index in [2.05, 4.69) is 0 Å². The Morgan fingerprint density at radius 1 is 1.00 bits per heavy atom. The van der Waals surface area contributed by atoms with Crippen LogP contribution in [0.25, 0.3) is 11.1 Å². The first-order chi connectivity index (χ1) is 13.6. The van der Waals surface area contributed by atoms with Gasteiger partial charge in [-0.25, -0.2) is 0 Å². The summed E-state index contributed by atoms with van der Waals surface area (Å²) in [5.41, 5.74) is 2.51. The van der Waals surface area contributed by atoms with E-state index in [1.807, 2.05) is 29.0 Å². The van der Waals surface area contributed by atoms with Crippen molar-refractivity contribution < 1.29 is 9.66 Å². The molecule has 0 spiro atoms. The van der Waals surface area contributed by atoms with Gasteiger partial charge in [0.2, 0.25) is 0 Å². The van der Waals surface area contributed by atoms with E-state index < -0.39 is 0 Å². The summed E-state index contributed by atoms with van der Waals surface area (Å²) in [5, 5.41) is 15.9. The number of nitrogens with zero attached hydrogens (tertiary/aromatic N) is 1. The Hall–Kier alpha value is -2.37. The van der Waals surface area contributed by atoms with E-state index in [0.29, 0.717) is 22.3 Å². The minimum atomic E-state index is -0.355. The van der Waals surface area contributed by atoms with Gasteiger partial charge in [-0.2, -0.15) is 0 Å². The van der Waals surface area contributed by atoms with Crippen molar-refractivity contribution in [3.8, 4) is 22.6 Å². The molecule has 2 aromatic carbocycles. The third-order valence-corrected chi connectivity index (χ3v) is 6.21. The minimum absolute atomic E-state index is 0.0781. The number of ether oxygens (including phenoxy) is 1. The molecule has 1 heterocycles. The van der Waals surface area contributed by atoms with Crippen molar-refractivity contribution in [2.24, 2.45) is 0 Å². The molecule has 0 N–H and O–H groups in total. The lowest BCUT2D eigenvalue weighted by Gasteiger charge is -2.24. The Kier molecular flexibility index (Phi) is 5.64. The van der Waals surface area contributed by atoms with Crippen LogP contribution in [0.3, 0.4) is 0 Å². The SMILES string of the molecule is O=[N+]([O-])c1ccccc1-c1cscc1Oc1ccc(Cl)cc1C1CCCCC1. The lowest BCUT2D eigenvalue weighted by Crippen LogP contribution is -2.06. The Morgan fingerprint density at radius 2 is 1.79 bits per heavy atom. The number of thiophene rings is 1. The number of benzene rings is 2. The largest absolute Gasteiger partial charge is 0.456 e. The third kappa shape index (κ3) is 3.91. The van der Waals surface area contributed by atoms with Gasteiger partial charge in [0.1, 0.15) is 11.5 Å². The molecule has 0 bridgehead atoms. The predicted molar refractivity (Wildman–Crippen MR) is 114 cm³/mol. The summed E-state index contributed by atoms with van der Waals surface area (Å²) in [6, 6.07) is 12.5. The molecule has 144 valence electrons. The molecule has 0 radical (unpaired) electrons. The van der Waals surface area contributed by atoms with Crippen molar-refractivity contribution in [3.63, 3.8) is 0 Å². The van der Waals surface area contributed by atoms with Crippen LogP contribution in [-0.2, 0) is 0 Å². The second kappa shape index (κ2) is 8.33. The van der Waals surface area contributed by atoms with Crippen molar-refractivity contribution in [2.75, 3.05) is 0 Å².